The monoisotopic (exact) mass is 258 g/mol. The topological polar surface area (TPSA) is 82.2 Å². The molecular weight excluding hydrogens is 240 g/mol. The van der Waals surface area contributed by atoms with Gasteiger partial charge in [0.2, 0.25) is 5.91 Å². The molecular formula is C14H18N4O. The number of nitrogen functional groups attached to an aromatic ring is 1. The fourth-order valence-corrected chi connectivity index (χ4v) is 2.54. The number of carbonyl (C=O) groups excluding carboxylic acids is 1. The first-order chi connectivity index (χ1) is 9.17. The van der Waals surface area contributed by atoms with E-state index < -0.39 is 0 Å². The van der Waals surface area contributed by atoms with Crippen molar-refractivity contribution in [2.24, 2.45) is 0 Å². The largest absolute Gasteiger partial charge is 0.397 e. The molecule has 3 N–H and O–H groups in total. The smallest absolute Gasteiger partial charge is 0.242 e. The average molecular weight is 258 g/mol. The number of anilines is 2. The molecule has 0 aromatic heterocycles. The Morgan fingerprint density at radius 2 is 2.32 bits per heavy atom. The van der Waals surface area contributed by atoms with Crippen molar-refractivity contribution in [1.29, 1.82) is 5.26 Å². The first-order valence-corrected chi connectivity index (χ1v) is 6.45. The number of piperidine rings is 1. The summed E-state index contributed by atoms with van der Waals surface area (Å²) in [6.45, 7) is 0.814. The SMILES string of the molecule is CNC(=O)C1CCCCN1c1ccc(C#N)cc1N. The van der Waals surface area contributed by atoms with Crippen molar-refractivity contribution in [1.82, 2.24) is 5.32 Å². The van der Waals surface area contributed by atoms with Gasteiger partial charge in [0, 0.05) is 13.6 Å². The number of nitrogens with zero attached hydrogens (tertiary/aromatic N) is 2. The summed E-state index contributed by atoms with van der Waals surface area (Å²) in [6, 6.07) is 7.12. The second kappa shape index (κ2) is 5.61. The number of hydrogen-bond acceptors (Lipinski definition) is 4. The van der Waals surface area contributed by atoms with Crippen LogP contribution in [0, 0.1) is 11.3 Å². The van der Waals surface area contributed by atoms with Crippen molar-refractivity contribution < 1.29 is 4.79 Å². The van der Waals surface area contributed by atoms with Gasteiger partial charge in [-0.1, -0.05) is 0 Å². The Morgan fingerprint density at radius 1 is 1.53 bits per heavy atom. The normalized spacial score (nSPS) is 18.7. The fraction of sp³-hybridized carbons (Fsp3) is 0.429. The van der Waals surface area contributed by atoms with Crippen LogP contribution in [0.4, 0.5) is 11.4 Å². The number of nitrogens with one attached hydrogen (secondary N) is 1. The van der Waals surface area contributed by atoms with Crippen LogP contribution in [-0.4, -0.2) is 25.5 Å². The van der Waals surface area contributed by atoms with Crippen LogP contribution in [-0.2, 0) is 4.79 Å². The third-order valence-electron chi connectivity index (χ3n) is 3.52. The number of benzene rings is 1. The summed E-state index contributed by atoms with van der Waals surface area (Å²) in [5.74, 6) is 0.0171. The molecule has 0 aliphatic carbocycles. The summed E-state index contributed by atoms with van der Waals surface area (Å²) in [4.78, 5) is 14.0. The number of carbonyl (C=O) groups is 1. The predicted molar refractivity (Wildman–Crippen MR) is 74.6 cm³/mol. The van der Waals surface area contributed by atoms with Gasteiger partial charge < -0.3 is 16.0 Å². The van der Waals surface area contributed by atoms with Crippen LogP contribution in [0.1, 0.15) is 24.8 Å². The van der Waals surface area contributed by atoms with E-state index in [4.69, 9.17) is 11.0 Å². The van der Waals surface area contributed by atoms with Crippen molar-refractivity contribution in [3.63, 3.8) is 0 Å². The molecule has 5 heteroatoms. The Morgan fingerprint density at radius 3 is 2.95 bits per heavy atom. The predicted octanol–water partition coefficient (Wildman–Crippen LogP) is 1.25. The summed E-state index contributed by atoms with van der Waals surface area (Å²) in [5.41, 5.74) is 7.93. The first kappa shape index (κ1) is 13.2. The van der Waals surface area contributed by atoms with Crippen LogP contribution < -0.4 is 16.0 Å². The Hall–Kier alpha value is -2.22. The van der Waals surface area contributed by atoms with Crippen LogP contribution in [0.3, 0.4) is 0 Å². The van der Waals surface area contributed by atoms with Crippen molar-refractivity contribution in [2.45, 2.75) is 25.3 Å². The summed E-state index contributed by atoms with van der Waals surface area (Å²) in [6.07, 6.45) is 2.93. The van der Waals surface area contributed by atoms with E-state index in [1.54, 1.807) is 19.2 Å². The van der Waals surface area contributed by atoms with Gasteiger partial charge >= 0.3 is 0 Å². The van der Waals surface area contributed by atoms with Gasteiger partial charge in [0.25, 0.3) is 0 Å². The number of likely N-dealkylation sites (N-methyl/N-ethyl adjacent to an activating group) is 1. The fourth-order valence-electron chi connectivity index (χ4n) is 2.54. The van der Waals surface area contributed by atoms with Gasteiger partial charge in [-0.2, -0.15) is 5.26 Å². The molecule has 1 unspecified atom stereocenters. The van der Waals surface area contributed by atoms with Crippen molar-refractivity contribution in [3.8, 4) is 6.07 Å². The molecule has 0 saturated carbocycles. The highest BCUT2D eigenvalue weighted by Crippen LogP contribution is 2.30. The lowest BCUT2D eigenvalue weighted by atomic mass is 9.99. The first-order valence-electron chi connectivity index (χ1n) is 6.45. The number of nitrogens with two attached hydrogens (primary N) is 1. The summed E-state index contributed by atoms with van der Waals surface area (Å²) >= 11 is 0. The molecule has 1 saturated heterocycles. The van der Waals surface area contributed by atoms with Gasteiger partial charge in [-0.05, 0) is 37.5 Å². The highest BCUT2D eigenvalue weighted by molar-refractivity contribution is 5.86. The number of hydrogen-bond donors (Lipinski definition) is 2. The molecule has 1 heterocycles. The molecule has 5 nitrogen and oxygen atoms in total. The van der Waals surface area contributed by atoms with Gasteiger partial charge in [-0.15, -0.1) is 0 Å². The Labute approximate surface area is 113 Å². The molecule has 1 amide bonds. The average Bonchev–Trinajstić information content (AvgIpc) is 2.46. The molecule has 1 atom stereocenters. The standard InChI is InChI=1S/C14H18N4O/c1-17-14(19)13-4-2-3-7-18(13)12-6-5-10(9-15)8-11(12)16/h5-6,8,13H,2-4,7,16H2,1H3,(H,17,19). The zero-order valence-corrected chi connectivity index (χ0v) is 11.0. The molecule has 0 bridgehead atoms. The maximum atomic E-state index is 11.9. The van der Waals surface area contributed by atoms with E-state index in [0.29, 0.717) is 11.3 Å². The summed E-state index contributed by atoms with van der Waals surface area (Å²) in [7, 11) is 1.65. The van der Waals surface area contributed by atoms with Crippen molar-refractivity contribution >= 4 is 17.3 Å². The van der Waals surface area contributed by atoms with E-state index in [1.807, 2.05) is 11.0 Å². The Balaban J connectivity index is 2.32. The summed E-state index contributed by atoms with van der Waals surface area (Å²) < 4.78 is 0. The molecule has 19 heavy (non-hydrogen) atoms. The minimum Gasteiger partial charge on any atom is -0.397 e. The lowest BCUT2D eigenvalue weighted by Crippen LogP contribution is -2.49. The third-order valence-corrected chi connectivity index (χ3v) is 3.52. The number of amides is 1. The van der Waals surface area contributed by atoms with Gasteiger partial charge in [0.15, 0.2) is 0 Å². The number of rotatable bonds is 2. The molecule has 1 aliphatic heterocycles. The van der Waals surface area contributed by atoms with E-state index >= 15 is 0 Å². The molecule has 0 radical (unpaired) electrons. The summed E-state index contributed by atoms with van der Waals surface area (Å²) in [5, 5.41) is 11.6. The van der Waals surface area contributed by atoms with Crippen LogP contribution in [0.2, 0.25) is 0 Å². The van der Waals surface area contributed by atoms with E-state index in [2.05, 4.69) is 11.4 Å². The maximum Gasteiger partial charge on any atom is 0.242 e. The second-order valence-electron chi connectivity index (χ2n) is 4.70. The van der Waals surface area contributed by atoms with Crippen LogP contribution in [0.15, 0.2) is 18.2 Å². The molecule has 0 spiro atoms. The third kappa shape index (κ3) is 2.63. The highest BCUT2D eigenvalue weighted by atomic mass is 16.2. The Bertz CT molecular complexity index is 521. The maximum absolute atomic E-state index is 11.9. The zero-order chi connectivity index (χ0) is 13.8. The number of nitriles is 1. The highest BCUT2D eigenvalue weighted by Gasteiger charge is 2.29. The lowest BCUT2D eigenvalue weighted by molar-refractivity contribution is -0.122. The van der Waals surface area contributed by atoms with Gasteiger partial charge in [0.1, 0.15) is 6.04 Å². The van der Waals surface area contributed by atoms with Gasteiger partial charge in [-0.25, -0.2) is 0 Å². The van der Waals surface area contributed by atoms with Crippen LogP contribution in [0.25, 0.3) is 0 Å². The van der Waals surface area contributed by atoms with E-state index in [0.717, 1.165) is 31.5 Å². The molecule has 2 rings (SSSR count). The zero-order valence-electron chi connectivity index (χ0n) is 11.0. The van der Waals surface area contributed by atoms with E-state index in [-0.39, 0.29) is 11.9 Å². The van der Waals surface area contributed by atoms with Gasteiger partial charge in [-0.3, -0.25) is 4.79 Å². The van der Waals surface area contributed by atoms with Crippen molar-refractivity contribution in [3.05, 3.63) is 23.8 Å². The minimum atomic E-state index is -0.172. The second-order valence-corrected chi connectivity index (χ2v) is 4.70. The lowest BCUT2D eigenvalue weighted by Gasteiger charge is -2.36. The van der Waals surface area contributed by atoms with Gasteiger partial charge in [0.05, 0.1) is 23.0 Å². The molecule has 1 aliphatic rings. The molecule has 1 aromatic rings. The van der Waals surface area contributed by atoms with E-state index in [9.17, 15) is 4.79 Å². The quantitative estimate of drug-likeness (QED) is 0.782. The molecule has 100 valence electrons. The molecule has 1 fully saturated rings. The Kier molecular flexibility index (Phi) is 3.91. The van der Waals surface area contributed by atoms with Crippen LogP contribution in [0.5, 0.6) is 0 Å². The minimum absolute atomic E-state index is 0.0171. The van der Waals surface area contributed by atoms with Crippen molar-refractivity contribution in [2.75, 3.05) is 24.2 Å². The molecule has 1 aromatic carbocycles. The van der Waals surface area contributed by atoms with Crippen LogP contribution >= 0.6 is 0 Å². The van der Waals surface area contributed by atoms with E-state index in [1.165, 1.54) is 0 Å².